The Bertz CT molecular complexity index is 497. The van der Waals surface area contributed by atoms with Gasteiger partial charge in [0, 0.05) is 24.8 Å². The van der Waals surface area contributed by atoms with Crippen LogP contribution in [0.1, 0.15) is 24.8 Å². The van der Waals surface area contributed by atoms with Gasteiger partial charge in [0.2, 0.25) is 0 Å². The van der Waals surface area contributed by atoms with E-state index in [1.807, 2.05) is 30.1 Å². The molecule has 126 valence electrons. The average molecular weight is 333 g/mol. The number of benzene rings is 1. The molecule has 0 bridgehead atoms. The monoisotopic (exact) mass is 333 g/mol. The van der Waals surface area contributed by atoms with Gasteiger partial charge in [0.05, 0.1) is 6.61 Å². The Hall–Kier alpha value is -1.07. The molecule has 0 spiro atoms. The lowest BCUT2D eigenvalue weighted by molar-refractivity contribution is -0.0592. The van der Waals surface area contributed by atoms with E-state index < -0.39 is 5.60 Å². The fourth-order valence-corrected chi connectivity index (χ4v) is 3.80. The Morgan fingerprint density at radius 1 is 1.35 bits per heavy atom. The van der Waals surface area contributed by atoms with Gasteiger partial charge >= 0.3 is 0 Å². The molecular formula is C19H27NO2S. The molecule has 2 rings (SSSR count). The number of aliphatic hydroxyl groups is 1. The summed E-state index contributed by atoms with van der Waals surface area (Å²) in [4.78, 5) is 0. The summed E-state index contributed by atoms with van der Waals surface area (Å²) in [5, 5.41) is 10.9. The molecule has 1 aliphatic heterocycles. The van der Waals surface area contributed by atoms with E-state index in [9.17, 15) is 5.11 Å². The molecule has 1 saturated heterocycles. The van der Waals surface area contributed by atoms with Crippen LogP contribution in [0, 0.1) is 0 Å². The summed E-state index contributed by atoms with van der Waals surface area (Å²) >= 11 is 1.86. The number of ether oxygens (including phenoxy) is 1. The summed E-state index contributed by atoms with van der Waals surface area (Å²) in [5.41, 5.74) is -0.0602. The summed E-state index contributed by atoms with van der Waals surface area (Å²) < 4.78 is 8.43. The molecule has 1 N–H and O–H groups in total. The third kappa shape index (κ3) is 4.48. The van der Waals surface area contributed by atoms with Crippen LogP contribution in [0.15, 0.2) is 55.6 Å². The lowest BCUT2D eigenvalue weighted by Crippen LogP contribution is -2.45. The van der Waals surface area contributed by atoms with Crippen LogP contribution < -0.4 is 0 Å². The van der Waals surface area contributed by atoms with Gasteiger partial charge in [-0.25, -0.2) is 4.31 Å². The molecule has 3 nitrogen and oxygen atoms in total. The smallest absolute Gasteiger partial charge is 0.127 e. The first-order valence-corrected chi connectivity index (χ1v) is 9.12. The predicted octanol–water partition coefficient (Wildman–Crippen LogP) is 3.63. The zero-order valence-corrected chi connectivity index (χ0v) is 14.7. The molecule has 0 radical (unpaired) electrons. The van der Waals surface area contributed by atoms with E-state index >= 15 is 0 Å². The highest BCUT2D eigenvalue weighted by Crippen LogP contribution is 2.35. The van der Waals surface area contributed by atoms with E-state index in [1.54, 1.807) is 0 Å². The second kappa shape index (κ2) is 8.69. The van der Waals surface area contributed by atoms with Crippen molar-refractivity contribution >= 4 is 11.9 Å². The predicted molar refractivity (Wildman–Crippen MR) is 98.6 cm³/mol. The van der Waals surface area contributed by atoms with Crippen molar-refractivity contribution in [3.8, 4) is 0 Å². The molecule has 2 atom stereocenters. The fraction of sp³-hybridized carbons (Fsp3) is 0.474. The molecule has 23 heavy (non-hydrogen) atoms. The third-order valence-corrected chi connectivity index (χ3v) is 5.51. The average Bonchev–Trinajstić information content (AvgIpc) is 2.83. The van der Waals surface area contributed by atoms with E-state index in [-0.39, 0.29) is 12.0 Å². The highest BCUT2D eigenvalue weighted by molar-refractivity contribution is 7.97. The first kappa shape index (κ1) is 18.3. The molecule has 0 aliphatic carbocycles. The minimum absolute atomic E-state index is 0.0593. The Kier molecular flexibility index (Phi) is 6.90. The zero-order chi connectivity index (χ0) is 16.7. The van der Waals surface area contributed by atoms with Crippen molar-refractivity contribution in [2.24, 2.45) is 0 Å². The molecule has 0 aromatic heterocycles. The Balaban J connectivity index is 2.31. The summed E-state index contributed by atoms with van der Waals surface area (Å²) in [6, 6.07) is 10.3. The van der Waals surface area contributed by atoms with E-state index in [0.717, 1.165) is 25.3 Å². The van der Waals surface area contributed by atoms with Gasteiger partial charge in [-0.3, -0.25) is 0 Å². The SMILES string of the molecule is C=CC(O)(C=C)C1OCCN(SCCC)CC1c1ccccc1. The van der Waals surface area contributed by atoms with Crippen molar-refractivity contribution < 1.29 is 9.84 Å². The van der Waals surface area contributed by atoms with Gasteiger partial charge in [0.25, 0.3) is 0 Å². The lowest BCUT2D eigenvalue weighted by Gasteiger charge is -2.36. The van der Waals surface area contributed by atoms with Crippen LogP contribution >= 0.6 is 11.9 Å². The minimum atomic E-state index is -1.23. The highest BCUT2D eigenvalue weighted by atomic mass is 32.2. The fourth-order valence-electron chi connectivity index (χ4n) is 2.89. The molecule has 4 heteroatoms. The maximum absolute atomic E-state index is 10.9. The first-order chi connectivity index (χ1) is 11.1. The molecule has 1 aliphatic rings. The molecule has 1 aromatic carbocycles. The number of hydrogen-bond donors (Lipinski definition) is 1. The van der Waals surface area contributed by atoms with E-state index in [4.69, 9.17) is 4.74 Å². The number of rotatable bonds is 7. The van der Waals surface area contributed by atoms with Gasteiger partial charge in [0.1, 0.15) is 11.7 Å². The van der Waals surface area contributed by atoms with E-state index in [2.05, 4.69) is 36.5 Å². The Labute approximate surface area is 144 Å². The molecule has 2 unspecified atom stereocenters. The molecule has 0 saturated carbocycles. The summed E-state index contributed by atoms with van der Waals surface area (Å²) in [6.45, 7) is 12.0. The first-order valence-electron chi connectivity index (χ1n) is 8.18. The molecule has 1 aromatic rings. The van der Waals surface area contributed by atoms with Crippen LogP contribution in [0.3, 0.4) is 0 Å². The number of nitrogens with zero attached hydrogens (tertiary/aromatic N) is 1. The van der Waals surface area contributed by atoms with Gasteiger partial charge < -0.3 is 9.84 Å². The number of hydrogen-bond acceptors (Lipinski definition) is 4. The summed E-state index contributed by atoms with van der Waals surface area (Å²) in [5.74, 6) is 1.16. The van der Waals surface area contributed by atoms with Crippen molar-refractivity contribution in [3.05, 3.63) is 61.2 Å². The standard InChI is InChI=1S/C19H27NO2S/c1-4-14-23-20-12-13-22-18(19(21,5-2)6-3)17(15-20)16-10-8-7-9-11-16/h5-11,17-18,21H,2-4,12-15H2,1H3. The van der Waals surface area contributed by atoms with Crippen LogP contribution in [0.4, 0.5) is 0 Å². The maximum atomic E-state index is 10.9. The quantitative estimate of drug-likeness (QED) is 0.610. The van der Waals surface area contributed by atoms with Crippen LogP contribution in [0.5, 0.6) is 0 Å². The van der Waals surface area contributed by atoms with Crippen LogP contribution in [0.25, 0.3) is 0 Å². The third-order valence-electron chi connectivity index (χ3n) is 4.22. The van der Waals surface area contributed by atoms with Gasteiger partial charge in [-0.1, -0.05) is 74.5 Å². The van der Waals surface area contributed by atoms with Gasteiger partial charge in [-0.15, -0.1) is 0 Å². The Morgan fingerprint density at radius 2 is 2.04 bits per heavy atom. The van der Waals surface area contributed by atoms with Gasteiger partial charge in [-0.2, -0.15) is 0 Å². The van der Waals surface area contributed by atoms with Crippen molar-refractivity contribution in [2.75, 3.05) is 25.4 Å². The van der Waals surface area contributed by atoms with E-state index in [1.165, 1.54) is 17.7 Å². The van der Waals surface area contributed by atoms with Gasteiger partial charge in [-0.05, 0) is 12.0 Å². The normalized spacial score (nSPS) is 23.2. The van der Waals surface area contributed by atoms with Crippen molar-refractivity contribution in [1.29, 1.82) is 0 Å². The molecular weight excluding hydrogens is 306 g/mol. The summed E-state index contributed by atoms with van der Waals surface area (Å²) in [7, 11) is 0. The van der Waals surface area contributed by atoms with E-state index in [0.29, 0.717) is 6.61 Å². The maximum Gasteiger partial charge on any atom is 0.127 e. The van der Waals surface area contributed by atoms with Crippen molar-refractivity contribution in [1.82, 2.24) is 4.31 Å². The second-order valence-corrected chi connectivity index (χ2v) is 7.01. The van der Waals surface area contributed by atoms with Crippen LogP contribution in [0.2, 0.25) is 0 Å². The minimum Gasteiger partial charge on any atom is -0.379 e. The molecule has 1 fully saturated rings. The topological polar surface area (TPSA) is 32.7 Å². The highest BCUT2D eigenvalue weighted by Gasteiger charge is 2.41. The zero-order valence-electron chi connectivity index (χ0n) is 13.9. The van der Waals surface area contributed by atoms with Crippen molar-refractivity contribution in [3.63, 3.8) is 0 Å². The molecule has 1 heterocycles. The van der Waals surface area contributed by atoms with Crippen LogP contribution in [-0.4, -0.2) is 46.6 Å². The van der Waals surface area contributed by atoms with Crippen LogP contribution in [-0.2, 0) is 4.74 Å². The van der Waals surface area contributed by atoms with Crippen molar-refractivity contribution in [2.45, 2.75) is 31.0 Å². The largest absolute Gasteiger partial charge is 0.379 e. The second-order valence-electron chi connectivity index (χ2n) is 5.83. The summed E-state index contributed by atoms with van der Waals surface area (Å²) in [6.07, 6.45) is 3.84. The lowest BCUT2D eigenvalue weighted by atomic mass is 9.82. The van der Waals surface area contributed by atoms with Gasteiger partial charge in [0.15, 0.2) is 0 Å². The molecule has 0 amide bonds. The Morgan fingerprint density at radius 3 is 2.65 bits per heavy atom.